The summed E-state index contributed by atoms with van der Waals surface area (Å²) in [5, 5.41) is 3.32. The number of carbonyl (C=O) groups excluding carboxylic acids is 1. The number of thioether (sulfide) groups is 1. The zero-order valence-electron chi connectivity index (χ0n) is 12.4. The van der Waals surface area contributed by atoms with Crippen LogP contribution in [0.3, 0.4) is 0 Å². The number of benzene rings is 1. The molecule has 4 heteroatoms. The van der Waals surface area contributed by atoms with E-state index < -0.39 is 0 Å². The Labute approximate surface area is 126 Å². The molecule has 1 aliphatic rings. The Morgan fingerprint density at radius 1 is 1.30 bits per heavy atom. The molecule has 1 aromatic rings. The van der Waals surface area contributed by atoms with E-state index in [1.54, 1.807) is 0 Å². The highest BCUT2D eigenvalue weighted by molar-refractivity contribution is 7.99. The molecule has 1 heterocycles. The zero-order chi connectivity index (χ0) is 14.4. The van der Waals surface area contributed by atoms with E-state index in [0.29, 0.717) is 0 Å². The van der Waals surface area contributed by atoms with Crippen molar-refractivity contribution < 1.29 is 4.79 Å². The summed E-state index contributed by atoms with van der Waals surface area (Å²) in [5.41, 5.74) is 0.830. The summed E-state index contributed by atoms with van der Waals surface area (Å²) in [6.07, 6.45) is 1.17. The Bertz CT molecular complexity index is 427. The van der Waals surface area contributed by atoms with E-state index in [2.05, 4.69) is 29.3 Å². The number of hydrogen-bond donors (Lipinski definition) is 1. The van der Waals surface area contributed by atoms with Gasteiger partial charge in [0.15, 0.2) is 5.78 Å². The van der Waals surface area contributed by atoms with Crippen LogP contribution in [-0.4, -0.2) is 48.7 Å². The van der Waals surface area contributed by atoms with Crippen LogP contribution in [0.5, 0.6) is 0 Å². The van der Waals surface area contributed by atoms with Crippen LogP contribution in [0.1, 0.15) is 30.6 Å². The molecule has 0 amide bonds. The van der Waals surface area contributed by atoms with Crippen LogP contribution in [0.2, 0.25) is 0 Å². The maximum absolute atomic E-state index is 12.5. The van der Waals surface area contributed by atoms with Crippen molar-refractivity contribution in [3.8, 4) is 0 Å². The monoisotopic (exact) mass is 292 g/mol. The number of carbonyl (C=O) groups is 1. The minimum Gasteiger partial charge on any atom is -0.314 e. The number of nitrogens with zero attached hydrogens (tertiary/aromatic N) is 1. The number of hydrogen-bond acceptors (Lipinski definition) is 4. The number of nitrogens with one attached hydrogen (secondary N) is 1. The predicted molar refractivity (Wildman–Crippen MR) is 85.7 cm³/mol. The van der Waals surface area contributed by atoms with E-state index in [9.17, 15) is 4.79 Å². The van der Waals surface area contributed by atoms with Gasteiger partial charge in [-0.05, 0) is 31.2 Å². The minimum atomic E-state index is -0.0220. The summed E-state index contributed by atoms with van der Waals surface area (Å²) in [5.74, 6) is 1.36. The van der Waals surface area contributed by atoms with Crippen LogP contribution < -0.4 is 5.32 Å². The number of ketones is 1. The average Bonchev–Trinajstić information content (AvgIpc) is 2.53. The van der Waals surface area contributed by atoms with Crippen molar-refractivity contribution in [3.63, 3.8) is 0 Å². The van der Waals surface area contributed by atoms with E-state index in [-0.39, 0.29) is 11.8 Å². The van der Waals surface area contributed by atoms with Crippen LogP contribution in [0.25, 0.3) is 0 Å². The van der Waals surface area contributed by atoms with E-state index >= 15 is 0 Å². The Balaban J connectivity index is 1.97. The molecular formula is C16H24N2OS. The predicted octanol–water partition coefficient (Wildman–Crippen LogP) is 2.67. The van der Waals surface area contributed by atoms with Crippen molar-refractivity contribution in [2.24, 2.45) is 0 Å². The second kappa shape index (κ2) is 7.81. The molecule has 3 nitrogen and oxygen atoms in total. The SMILES string of the molecule is CCCSc1ccc(C(=O)C(C)N2CCNCC2)cc1. The second-order valence-corrected chi connectivity index (χ2v) is 6.37. The Morgan fingerprint density at radius 2 is 1.95 bits per heavy atom. The molecule has 2 rings (SSSR count). The third-order valence-electron chi connectivity index (χ3n) is 3.69. The van der Waals surface area contributed by atoms with Gasteiger partial charge in [0.1, 0.15) is 0 Å². The van der Waals surface area contributed by atoms with Gasteiger partial charge in [-0.1, -0.05) is 19.1 Å². The molecule has 0 bridgehead atoms. The number of Topliss-reactive ketones (excluding diaryl/α,β-unsaturated/α-hetero) is 1. The fourth-order valence-electron chi connectivity index (χ4n) is 2.41. The summed E-state index contributed by atoms with van der Waals surface area (Å²) in [7, 11) is 0. The van der Waals surface area contributed by atoms with Crippen LogP contribution in [0, 0.1) is 0 Å². The van der Waals surface area contributed by atoms with Crippen molar-refractivity contribution >= 4 is 17.5 Å². The summed E-state index contributed by atoms with van der Waals surface area (Å²) in [6, 6.07) is 8.06. The fraction of sp³-hybridized carbons (Fsp3) is 0.562. The third kappa shape index (κ3) is 4.08. The summed E-state index contributed by atoms with van der Waals surface area (Å²) in [4.78, 5) is 16.0. The minimum absolute atomic E-state index is 0.0220. The van der Waals surface area contributed by atoms with Crippen molar-refractivity contribution in [1.82, 2.24) is 10.2 Å². The molecule has 1 fully saturated rings. The van der Waals surface area contributed by atoms with Crippen molar-refractivity contribution in [2.75, 3.05) is 31.9 Å². The lowest BCUT2D eigenvalue weighted by Gasteiger charge is -2.31. The highest BCUT2D eigenvalue weighted by Crippen LogP contribution is 2.20. The molecule has 20 heavy (non-hydrogen) atoms. The fourth-order valence-corrected chi connectivity index (χ4v) is 3.18. The smallest absolute Gasteiger partial charge is 0.179 e. The molecule has 0 spiro atoms. The van der Waals surface area contributed by atoms with Gasteiger partial charge in [0.2, 0.25) is 0 Å². The second-order valence-electron chi connectivity index (χ2n) is 5.20. The van der Waals surface area contributed by atoms with Crippen LogP contribution in [0.15, 0.2) is 29.2 Å². The largest absolute Gasteiger partial charge is 0.314 e. The topological polar surface area (TPSA) is 32.3 Å². The van der Waals surface area contributed by atoms with Crippen molar-refractivity contribution in [1.29, 1.82) is 0 Å². The quantitative estimate of drug-likeness (QED) is 0.645. The van der Waals surface area contributed by atoms with Gasteiger partial charge >= 0.3 is 0 Å². The molecule has 1 atom stereocenters. The molecule has 0 aliphatic carbocycles. The Kier molecular flexibility index (Phi) is 6.07. The maximum atomic E-state index is 12.5. The molecule has 1 unspecified atom stereocenters. The van der Waals surface area contributed by atoms with E-state index in [1.807, 2.05) is 30.8 Å². The Hall–Kier alpha value is -0.840. The molecule has 1 aromatic carbocycles. The van der Waals surface area contributed by atoms with Gasteiger partial charge in [0.05, 0.1) is 6.04 Å². The first-order chi connectivity index (χ1) is 9.72. The average molecular weight is 292 g/mol. The molecule has 0 aromatic heterocycles. The maximum Gasteiger partial charge on any atom is 0.179 e. The van der Waals surface area contributed by atoms with E-state index in [4.69, 9.17) is 0 Å². The molecule has 1 saturated heterocycles. The lowest BCUT2D eigenvalue weighted by Crippen LogP contribution is -2.50. The van der Waals surface area contributed by atoms with Gasteiger partial charge in [0, 0.05) is 36.6 Å². The lowest BCUT2D eigenvalue weighted by atomic mass is 10.0. The summed E-state index contributed by atoms with van der Waals surface area (Å²) < 4.78 is 0. The molecule has 1 N–H and O–H groups in total. The highest BCUT2D eigenvalue weighted by Gasteiger charge is 2.23. The highest BCUT2D eigenvalue weighted by atomic mass is 32.2. The Morgan fingerprint density at radius 3 is 2.55 bits per heavy atom. The zero-order valence-corrected chi connectivity index (χ0v) is 13.2. The van der Waals surface area contributed by atoms with Gasteiger partial charge in [-0.3, -0.25) is 9.69 Å². The first-order valence-corrected chi connectivity index (χ1v) is 8.42. The van der Waals surface area contributed by atoms with Crippen molar-refractivity contribution in [3.05, 3.63) is 29.8 Å². The van der Waals surface area contributed by atoms with Crippen LogP contribution >= 0.6 is 11.8 Å². The third-order valence-corrected chi connectivity index (χ3v) is 4.91. The van der Waals surface area contributed by atoms with Gasteiger partial charge in [0.25, 0.3) is 0 Å². The molecule has 0 radical (unpaired) electrons. The lowest BCUT2D eigenvalue weighted by molar-refractivity contribution is 0.0820. The molecule has 0 saturated carbocycles. The van der Waals surface area contributed by atoms with Gasteiger partial charge in [-0.25, -0.2) is 0 Å². The van der Waals surface area contributed by atoms with Gasteiger partial charge in [-0.15, -0.1) is 11.8 Å². The molecule has 1 aliphatic heterocycles. The van der Waals surface area contributed by atoms with E-state index in [1.165, 1.54) is 11.3 Å². The standard InChI is InChI=1S/C16H24N2OS/c1-3-12-20-15-6-4-14(5-7-15)16(19)13(2)18-10-8-17-9-11-18/h4-7,13,17H,3,8-12H2,1-2H3. The normalized spacial score (nSPS) is 17.9. The van der Waals surface area contributed by atoms with E-state index in [0.717, 1.165) is 37.5 Å². The number of piperazine rings is 1. The summed E-state index contributed by atoms with van der Waals surface area (Å²) in [6.45, 7) is 8.07. The first-order valence-electron chi connectivity index (χ1n) is 7.44. The van der Waals surface area contributed by atoms with Crippen molar-refractivity contribution in [2.45, 2.75) is 31.2 Å². The molecular weight excluding hydrogens is 268 g/mol. The summed E-state index contributed by atoms with van der Waals surface area (Å²) >= 11 is 1.85. The molecule has 110 valence electrons. The van der Waals surface area contributed by atoms with Gasteiger partial charge in [-0.2, -0.15) is 0 Å². The van der Waals surface area contributed by atoms with Crippen LogP contribution in [0.4, 0.5) is 0 Å². The first kappa shape index (κ1) is 15.5. The van der Waals surface area contributed by atoms with Crippen LogP contribution in [-0.2, 0) is 0 Å². The number of rotatable bonds is 6. The van der Waals surface area contributed by atoms with Gasteiger partial charge < -0.3 is 5.32 Å².